The van der Waals surface area contributed by atoms with Crippen LogP contribution in [0.2, 0.25) is 0 Å². The molecule has 2 fully saturated rings. The Morgan fingerprint density at radius 3 is 2.96 bits per heavy atom. The minimum Gasteiger partial charge on any atom is -0.493 e. The van der Waals surface area contributed by atoms with E-state index in [4.69, 9.17) is 9.47 Å². The van der Waals surface area contributed by atoms with Crippen LogP contribution in [-0.2, 0) is 16.1 Å². The minimum atomic E-state index is -1.02. The molecule has 0 radical (unpaired) electrons. The maximum Gasteiger partial charge on any atom is 0.313 e. The SMILES string of the molecule is C=CCOc1ccc(CN2C[C@@H]3C(=O)NC[C@]3(C(=O)O)C2)cc1OC. The molecule has 1 aromatic carbocycles. The van der Waals surface area contributed by atoms with Crippen molar-refractivity contribution in [1.82, 2.24) is 10.2 Å². The Hall–Kier alpha value is -2.54. The van der Waals surface area contributed by atoms with Crippen LogP contribution in [0.4, 0.5) is 0 Å². The number of nitrogens with zero attached hydrogens (tertiary/aromatic N) is 1. The molecule has 7 heteroatoms. The molecular formula is C18H22N2O5. The molecule has 0 saturated carbocycles. The number of amides is 1. The van der Waals surface area contributed by atoms with E-state index in [1.807, 2.05) is 23.1 Å². The summed E-state index contributed by atoms with van der Waals surface area (Å²) in [6, 6.07) is 5.62. The average molecular weight is 346 g/mol. The van der Waals surface area contributed by atoms with E-state index in [2.05, 4.69) is 11.9 Å². The molecule has 0 unspecified atom stereocenters. The van der Waals surface area contributed by atoms with Gasteiger partial charge in [0.1, 0.15) is 12.0 Å². The van der Waals surface area contributed by atoms with Gasteiger partial charge in [-0.25, -0.2) is 0 Å². The van der Waals surface area contributed by atoms with E-state index in [9.17, 15) is 14.7 Å². The maximum absolute atomic E-state index is 12.0. The Morgan fingerprint density at radius 2 is 2.32 bits per heavy atom. The largest absolute Gasteiger partial charge is 0.493 e. The van der Waals surface area contributed by atoms with Gasteiger partial charge >= 0.3 is 5.97 Å². The van der Waals surface area contributed by atoms with E-state index >= 15 is 0 Å². The summed E-state index contributed by atoms with van der Waals surface area (Å²) >= 11 is 0. The molecule has 3 rings (SSSR count). The summed E-state index contributed by atoms with van der Waals surface area (Å²) in [6.07, 6.45) is 1.66. The molecule has 7 nitrogen and oxygen atoms in total. The van der Waals surface area contributed by atoms with Crippen LogP contribution in [0.5, 0.6) is 11.5 Å². The van der Waals surface area contributed by atoms with Crippen LogP contribution in [0, 0.1) is 11.3 Å². The molecule has 0 aromatic heterocycles. The zero-order chi connectivity index (χ0) is 18.0. The third-order valence-corrected chi connectivity index (χ3v) is 4.92. The molecule has 2 heterocycles. The zero-order valence-electron chi connectivity index (χ0n) is 14.2. The highest BCUT2D eigenvalue weighted by atomic mass is 16.5. The molecule has 1 amide bonds. The third-order valence-electron chi connectivity index (χ3n) is 4.92. The lowest BCUT2D eigenvalue weighted by molar-refractivity contribution is -0.149. The van der Waals surface area contributed by atoms with E-state index in [1.165, 1.54) is 0 Å². The standard InChI is InChI=1S/C18H22N2O5/c1-3-6-25-14-5-4-12(7-15(14)24-2)8-20-9-13-16(21)19-10-18(13,11-20)17(22)23/h3-5,7,13H,1,6,8-11H2,2H3,(H,19,21)(H,22,23)/t13-,18+/m1/s1. The quantitative estimate of drug-likeness (QED) is 0.713. The smallest absolute Gasteiger partial charge is 0.313 e. The van der Waals surface area contributed by atoms with Crippen molar-refractivity contribution >= 4 is 11.9 Å². The van der Waals surface area contributed by atoms with Gasteiger partial charge in [0.2, 0.25) is 5.91 Å². The summed E-state index contributed by atoms with van der Waals surface area (Å²) in [6.45, 7) is 5.54. The number of nitrogens with one attached hydrogen (secondary N) is 1. The number of benzene rings is 1. The van der Waals surface area contributed by atoms with Crippen molar-refractivity contribution in [1.29, 1.82) is 0 Å². The fourth-order valence-electron chi connectivity index (χ4n) is 3.64. The van der Waals surface area contributed by atoms with Gasteiger partial charge in [-0.15, -0.1) is 0 Å². The Morgan fingerprint density at radius 1 is 1.52 bits per heavy atom. The molecule has 25 heavy (non-hydrogen) atoms. The number of carboxylic acid groups (broad SMARTS) is 1. The van der Waals surface area contributed by atoms with Crippen molar-refractivity contribution in [3.8, 4) is 11.5 Å². The lowest BCUT2D eigenvalue weighted by atomic mass is 9.81. The Balaban J connectivity index is 1.74. The molecule has 2 N–H and O–H groups in total. The van der Waals surface area contributed by atoms with Gasteiger partial charge in [0.25, 0.3) is 0 Å². The molecule has 1 aromatic rings. The van der Waals surface area contributed by atoms with Gasteiger partial charge in [0, 0.05) is 26.2 Å². The van der Waals surface area contributed by atoms with Crippen molar-refractivity contribution in [3.05, 3.63) is 36.4 Å². The molecule has 0 bridgehead atoms. The highest BCUT2D eigenvalue weighted by molar-refractivity contribution is 5.92. The number of carboxylic acids is 1. The minimum absolute atomic E-state index is 0.171. The van der Waals surface area contributed by atoms with E-state index in [0.717, 1.165) is 5.56 Å². The topological polar surface area (TPSA) is 88.1 Å². The summed E-state index contributed by atoms with van der Waals surface area (Å²) in [7, 11) is 1.57. The number of rotatable bonds is 7. The van der Waals surface area contributed by atoms with E-state index < -0.39 is 17.3 Å². The van der Waals surface area contributed by atoms with E-state index in [1.54, 1.807) is 13.2 Å². The first-order chi connectivity index (χ1) is 12.0. The second kappa shape index (κ2) is 6.76. The molecule has 2 aliphatic rings. The van der Waals surface area contributed by atoms with Crippen molar-refractivity contribution in [2.75, 3.05) is 33.4 Å². The summed E-state index contributed by atoms with van der Waals surface area (Å²) in [5, 5.41) is 12.3. The number of hydrogen-bond donors (Lipinski definition) is 2. The van der Waals surface area contributed by atoms with Crippen molar-refractivity contribution in [2.24, 2.45) is 11.3 Å². The predicted molar refractivity (Wildman–Crippen MR) is 90.5 cm³/mol. The molecular weight excluding hydrogens is 324 g/mol. The lowest BCUT2D eigenvalue weighted by Gasteiger charge is -2.22. The summed E-state index contributed by atoms with van der Waals surface area (Å²) in [5.41, 5.74) is -0.0440. The van der Waals surface area contributed by atoms with Gasteiger partial charge in [-0.05, 0) is 17.7 Å². The van der Waals surface area contributed by atoms with Gasteiger partial charge < -0.3 is 19.9 Å². The number of carbonyl (C=O) groups is 2. The Bertz CT molecular complexity index is 705. The van der Waals surface area contributed by atoms with Gasteiger partial charge in [-0.3, -0.25) is 14.5 Å². The second-order valence-electron chi connectivity index (χ2n) is 6.49. The summed E-state index contributed by atoms with van der Waals surface area (Å²) < 4.78 is 10.9. The van der Waals surface area contributed by atoms with Gasteiger partial charge in [0.05, 0.1) is 13.0 Å². The van der Waals surface area contributed by atoms with E-state index in [0.29, 0.717) is 37.7 Å². The zero-order valence-corrected chi connectivity index (χ0v) is 14.2. The highest BCUT2D eigenvalue weighted by Gasteiger charge is 2.59. The number of hydrogen-bond acceptors (Lipinski definition) is 5. The van der Waals surface area contributed by atoms with Crippen LogP contribution < -0.4 is 14.8 Å². The van der Waals surface area contributed by atoms with Crippen molar-refractivity contribution in [2.45, 2.75) is 6.54 Å². The Labute approximate surface area is 146 Å². The van der Waals surface area contributed by atoms with Crippen LogP contribution in [-0.4, -0.2) is 55.2 Å². The van der Waals surface area contributed by atoms with Gasteiger partial charge in [0.15, 0.2) is 11.5 Å². The number of fused-ring (bicyclic) bond motifs is 1. The van der Waals surface area contributed by atoms with Gasteiger partial charge in [-0.2, -0.15) is 0 Å². The number of methoxy groups -OCH3 is 1. The molecule has 2 atom stereocenters. The first-order valence-electron chi connectivity index (χ1n) is 8.14. The Kier molecular flexibility index (Phi) is 4.67. The number of carbonyl (C=O) groups excluding carboxylic acids is 1. The predicted octanol–water partition coefficient (Wildman–Crippen LogP) is 0.893. The molecule has 134 valence electrons. The van der Waals surface area contributed by atoms with Crippen LogP contribution in [0.1, 0.15) is 5.56 Å². The molecule has 2 aliphatic heterocycles. The third kappa shape index (κ3) is 3.07. The first kappa shape index (κ1) is 17.3. The fraction of sp³-hybridized carbons (Fsp3) is 0.444. The second-order valence-corrected chi connectivity index (χ2v) is 6.49. The van der Waals surface area contributed by atoms with Crippen molar-refractivity contribution in [3.63, 3.8) is 0 Å². The molecule has 2 saturated heterocycles. The van der Waals surface area contributed by atoms with Crippen LogP contribution in [0.25, 0.3) is 0 Å². The summed E-state index contributed by atoms with van der Waals surface area (Å²) in [4.78, 5) is 25.7. The van der Waals surface area contributed by atoms with Crippen molar-refractivity contribution < 1.29 is 24.2 Å². The highest BCUT2D eigenvalue weighted by Crippen LogP contribution is 2.40. The van der Waals surface area contributed by atoms with Crippen LogP contribution in [0.3, 0.4) is 0 Å². The molecule has 0 aliphatic carbocycles. The average Bonchev–Trinajstić information content (AvgIpc) is 3.11. The van der Waals surface area contributed by atoms with Crippen LogP contribution >= 0.6 is 0 Å². The number of aliphatic carboxylic acids is 1. The normalized spacial score (nSPS) is 25.3. The monoisotopic (exact) mass is 346 g/mol. The van der Waals surface area contributed by atoms with Gasteiger partial charge in [-0.1, -0.05) is 18.7 Å². The van der Waals surface area contributed by atoms with Crippen LogP contribution in [0.15, 0.2) is 30.9 Å². The molecule has 0 spiro atoms. The fourth-order valence-corrected chi connectivity index (χ4v) is 3.64. The van der Waals surface area contributed by atoms with E-state index in [-0.39, 0.29) is 12.5 Å². The summed E-state index contributed by atoms with van der Waals surface area (Å²) in [5.74, 6) is -0.336. The lowest BCUT2D eigenvalue weighted by Crippen LogP contribution is -2.40. The first-order valence-corrected chi connectivity index (χ1v) is 8.14. The number of likely N-dealkylation sites (tertiary alicyclic amines) is 1. The number of ether oxygens (including phenoxy) is 2. The maximum atomic E-state index is 12.0.